The van der Waals surface area contributed by atoms with Crippen LogP contribution in [0.15, 0.2) is 48.7 Å². The normalized spacial score (nSPS) is 10.4. The maximum absolute atomic E-state index is 12.5. The van der Waals surface area contributed by atoms with Crippen LogP contribution >= 0.6 is 0 Å². The van der Waals surface area contributed by atoms with Gasteiger partial charge in [0.2, 0.25) is 5.75 Å². The van der Waals surface area contributed by atoms with E-state index in [1.54, 1.807) is 24.3 Å². The van der Waals surface area contributed by atoms with Crippen molar-refractivity contribution in [2.24, 2.45) is 0 Å². The number of rotatable bonds is 5. The zero-order valence-corrected chi connectivity index (χ0v) is 14.0. The zero-order chi connectivity index (χ0) is 18.7. The second-order valence-corrected chi connectivity index (χ2v) is 5.21. The van der Waals surface area contributed by atoms with Crippen molar-refractivity contribution in [3.63, 3.8) is 0 Å². The van der Waals surface area contributed by atoms with Gasteiger partial charge in [0.1, 0.15) is 5.52 Å². The molecule has 0 radical (unpaired) electrons. The lowest BCUT2D eigenvalue weighted by molar-refractivity contribution is -0.385. The highest BCUT2D eigenvalue weighted by molar-refractivity contribution is 5.96. The number of nitro benzene ring substituents is 1. The number of ether oxygens (including phenoxy) is 3. The summed E-state index contributed by atoms with van der Waals surface area (Å²) in [6.45, 7) is 0. The SMILES string of the molecule is COc1ccc(C(=O)Oc2c([N+](=O)[O-])ccc3cccnc23)cc1OC. The van der Waals surface area contributed by atoms with Gasteiger partial charge in [-0.05, 0) is 30.3 Å². The summed E-state index contributed by atoms with van der Waals surface area (Å²) in [6, 6.07) is 10.7. The molecule has 8 nitrogen and oxygen atoms in total. The van der Waals surface area contributed by atoms with Crippen molar-refractivity contribution in [1.29, 1.82) is 0 Å². The Bertz CT molecular complexity index is 1000. The molecule has 1 aromatic heterocycles. The van der Waals surface area contributed by atoms with Gasteiger partial charge < -0.3 is 14.2 Å². The maximum Gasteiger partial charge on any atom is 0.343 e. The first-order valence-electron chi connectivity index (χ1n) is 7.51. The number of carbonyl (C=O) groups excluding carboxylic acids is 1. The van der Waals surface area contributed by atoms with Gasteiger partial charge in [0, 0.05) is 17.6 Å². The Balaban J connectivity index is 2.04. The van der Waals surface area contributed by atoms with Crippen LogP contribution in [0.2, 0.25) is 0 Å². The third-order valence-corrected chi connectivity index (χ3v) is 3.72. The first kappa shape index (κ1) is 17.2. The number of carbonyl (C=O) groups is 1. The lowest BCUT2D eigenvalue weighted by Crippen LogP contribution is -2.11. The van der Waals surface area contributed by atoms with E-state index in [4.69, 9.17) is 14.2 Å². The molecular formula is C18H14N2O6. The number of hydrogen-bond acceptors (Lipinski definition) is 7. The van der Waals surface area contributed by atoms with Gasteiger partial charge in [0.05, 0.1) is 24.7 Å². The van der Waals surface area contributed by atoms with E-state index in [1.165, 1.54) is 38.6 Å². The predicted molar refractivity (Wildman–Crippen MR) is 92.9 cm³/mol. The van der Waals surface area contributed by atoms with Crippen LogP contribution in [-0.2, 0) is 0 Å². The lowest BCUT2D eigenvalue weighted by Gasteiger charge is -2.10. The molecule has 0 saturated heterocycles. The third kappa shape index (κ3) is 3.12. The molecule has 0 unspecified atom stereocenters. The molecule has 0 spiro atoms. The molecule has 0 saturated carbocycles. The van der Waals surface area contributed by atoms with Gasteiger partial charge in [-0.15, -0.1) is 0 Å². The topological polar surface area (TPSA) is 101 Å². The predicted octanol–water partition coefficient (Wildman–Crippen LogP) is 3.38. The monoisotopic (exact) mass is 354 g/mol. The quantitative estimate of drug-likeness (QED) is 0.299. The second-order valence-electron chi connectivity index (χ2n) is 5.21. The average molecular weight is 354 g/mol. The Morgan fingerprint density at radius 2 is 1.85 bits per heavy atom. The molecule has 0 bridgehead atoms. The third-order valence-electron chi connectivity index (χ3n) is 3.72. The van der Waals surface area contributed by atoms with Crippen molar-refractivity contribution in [2.45, 2.75) is 0 Å². The molecule has 0 amide bonds. The number of pyridine rings is 1. The minimum absolute atomic E-state index is 0.157. The summed E-state index contributed by atoms with van der Waals surface area (Å²) in [7, 11) is 2.91. The first-order valence-corrected chi connectivity index (χ1v) is 7.51. The number of esters is 1. The largest absolute Gasteiger partial charge is 0.493 e. The van der Waals surface area contributed by atoms with E-state index in [1.807, 2.05) is 0 Å². The van der Waals surface area contributed by atoms with Gasteiger partial charge in [0.15, 0.2) is 11.5 Å². The number of benzene rings is 2. The van der Waals surface area contributed by atoms with E-state index in [0.29, 0.717) is 16.9 Å². The highest BCUT2D eigenvalue weighted by Crippen LogP contribution is 2.35. The Morgan fingerprint density at radius 3 is 2.54 bits per heavy atom. The maximum atomic E-state index is 12.5. The van der Waals surface area contributed by atoms with E-state index in [0.717, 1.165) is 0 Å². The molecule has 3 aromatic rings. The molecular weight excluding hydrogens is 340 g/mol. The van der Waals surface area contributed by atoms with Crippen molar-refractivity contribution in [1.82, 2.24) is 4.98 Å². The Kier molecular flexibility index (Phi) is 4.66. The number of methoxy groups -OCH3 is 2. The molecule has 1 heterocycles. The number of aromatic nitrogens is 1. The van der Waals surface area contributed by atoms with Gasteiger partial charge in [-0.25, -0.2) is 4.79 Å². The fourth-order valence-corrected chi connectivity index (χ4v) is 2.47. The summed E-state index contributed by atoms with van der Waals surface area (Å²) in [6.07, 6.45) is 1.47. The summed E-state index contributed by atoms with van der Waals surface area (Å²) >= 11 is 0. The van der Waals surface area contributed by atoms with E-state index >= 15 is 0 Å². The van der Waals surface area contributed by atoms with Crippen LogP contribution in [0.3, 0.4) is 0 Å². The van der Waals surface area contributed by atoms with E-state index in [-0.39, 0.29) is 22.5 Å². The van der Waals surface area contributed by atoms with Gasteiger partial charge >= 0.3 is 11.7 Å². The van der Waals surface area contributed by atoms with Crippen molar-refractivity contribution in [2.75, 3.05) is 14.2 Å². The molecule has 0 aliphatic rings. The van der Waals surface area contributed by atoms with E-state index < -0.39 is 10.9 Å². The number of hydrogen-bond donors (Lipinski definition) is 0. The Labute approximate surface area is 148 Å². The van der Waals surface area contributed by atoms with Crippen LogP contribution in [0, 0.1) is 10.1 Å². The molecule has 0 atom stereocenters. The Morgan fingerprint density at radius 1 is 1.08 bits per heavy atom. The van der Waals surface area contributed by atoms with Crippen LogP contribution in [0.25, 0.3) is 10.9 Å². The fraction of sp³-hybridized carbons (Fsp3) is 0.111. The Hall–Kier alpha value is -3.68. The van der Waals surface area contributed by atoms with Crippen molar-refractivity contribution in [3.8, 4) is 17.2 Å². The molecule has 0 N–H and O–H groups in total. The lowest BCUT2D eigenvalue weighted by atomic mass is 10.1. The van der Waals surface area contributed by atoms with Crippen LogP contribution in [0.4, 0.5) is 5.69 Å². The van der Waals surface area contributed by atoms with Crippen LogP contribution in [0.1, 0.15) is 10.4 Å². The number of nitrogens with zero attached hydrogens (tertiary/aromatic N) is 2. The van der Waals surface area contributed by atoms with E-state index in [9.17, 15) is 14.9 Å². The molecule has 0 fully saturated rings. The highest BCUT2D eigenvalue weighted by Gasteiger charge is 2.23. The summed E-state index contributed by atoms with van der Waals surface area (Å²) in [4.78, 5) is 27.3. The van der Waals surface area contributed by atoms with Crippen molar-refractivity contribution >= 4 is 22.6 Å². The molecule has 2 aromatic carbocycles. The van der Waals surface area contributed by atoms with Crippen LogP contribution in [0.5, 0.6) is 17.2 Å². The van der Waals surface area contributed by atoms with Crippen molar-refractivity contribution < 1.29 is 23.9 Å². The average Bonchev–Trinajstić information content (AvgIpc) is 2.67. The smallest absolute Gasteiger partial charge is 0.343 e. The number of fused-ring (bicyclic) bond motifs is 1. The van der Waals surface area contributed by atoms with Crippen LogP contribution in [-0.4, -0.2) is 30.1 Å². The fourth-order valence-electron chi connectivity index (χ4n) is 2.47. The summed E-state index contributed by atoms with van der Waals surface area (Å²) in [5.74, 6) is -0.186. The molecule has 3 rings (SSSR count). The van der Waals surface area contributed by atoms with E-state index in [2.05, 4.69) is 4.98 Å². The second kappa shape index (κ2) is 7.06. The minimum atomic E-state index is -0.771. The minimum Gasteiger partial charge on any atom is -0.493 e. The summed E-state index contributed by atoms with van der Waals surface area (Å²) in [5.41, 5.74) is 0.0467. The van der Waals surface area contributed by atoms with Gasteiger partial charge in [-0.3, -0.25) is 15.1 Å². The highest BCUT2D eigenvalue weighted by atomic mass is 16.6. The number of nitro groups is 1. The standard InChI is InChI=1S/C18H14N2O6/c1-24-14-8-6-12(10-15(14)25-2)18(21)26-17-13(20(22)23)7-5-11-4-3-9-19-16(11)17/h3-10H,1-2H3. The van der Waals surface area contributed by atoms with Gasteiger partial charge in [-0.1, -0.05) is 6.07 Å². The molecule has 26 heavy (non-hydrogen) atoms. The summed E-state index contributed by atoms with van der Waals surface area (Å²) < 4.78 is 15.6. The molecule has 0 aliphatic carbocycles. The van der Waals surface area contributed by atoms with Crippen molar-refractivity contribution in [3.05, 3.63) is 64.3 Å². The van der Waals surface area contributed by atoms with Gasteiger partial charge in [0.25, 0.3) is 0 Å². The van der Waals surface area contributed by atoms with Crippen LogP contribution < -0.4 is 14.2 Å². The molecule has 0 aliphatic heterocycles. The summed E-state index contributed by atoms with van der Waals surface area (Å²) in [5, 5.41) is 11.9. The molecule has 8 heteroatoms. The van der Waals surface area contributed by atoms with Gasteiger partial charge in [-0.2, -0.15) is 0 Å². The first-order chi connectivity index (χ1) is 12.5. The molecule has 132 valence electrons. The zero-order valence-electron chi connectivity index (χ0n) is 14.0.